The molecule has 1 aromatic carbocycles. The second-order valence-electron chi connectivity index (χ2n) is 5.55. The standard InChI is InChI=1S/C17H18N4O3S/c1-4-24-14(22)9-18-10(2)15-11(3)20-21(16(15)23)17-19-12-7-5-6-8-13(12)25-17/h5-8,15H,4,9H2,1-3H3. The Kier molecular flexibility index (Phi) is 4.89. The summed E-state index contributed by atoms with van der Waals surface area (Å²) < 4.78 is 5.85. The number of nitrogens with zero attached hydrogens (tertiary/aromatic N) is 4. The Bertz CT molecular complexity index is 854. The SMILES string of the molecule is CCOC(=O)CN=C(C)C1C(=O)N(c2nc3ccccc3s2)N=C1C. The normalized spacial score (nSPS) is 18.0. The van der Waals surface area contributed by atoms with Crippen LogP contribution in [0.25, 0.3) is 10.2 Å². The number of carbonyl (C=O) groups is 2. The van der Waals surface area contributed by atoms with Crippen LogP contribution in [0.1, 0.15) is 20.8 Å². The van der Waals surface area contributed by atoms with E-state index in [1.54, 1.807) is 20.8 Å². The molecule has 0 saturated carbocycles. The third kappa shape index (κ3) is 3.43. The van der Waals surface area contributed by atoms with Crippen LogP contribution in [0, 0.1) is 5.92 Å². The number of anilines is 1. The molecule has 3 rings (SSSR count). The summed E-state index contributed by atoms with van der Waals surface area (Å²) in [5.41, 5.74) is 2.01. The number of aliphatic imine (C=N–C) groups is 1. The van der Waals surface area contributed by atoms with Crippen LogP contribution in [-0.4, -0.2) is 41.4 Å². The number of thiazole rings is 1. The van der Waals surface area contributed by atoms with E-state index in [0.29, 0.717) is 23.2 Å². The van der Waals surface area contributed by atoms with Gasteiger partial charge in [0.15, 0.2) is 0 Å². The summed E-state index contributed by atoms with van der Waals surface area (Å²) in [7, 11) is 0. The molecule has 0 aliphatic carbocycles. The van der Waals surface area contributed by atoms with Crippen LogP contribution in [0.15, 0.2) is 34.4 Å². The van der Waals surface area contributed by atoms with Gasteiger partial charge < -0.3 is 4.74 Å². The van der Waals surface area contributed by atoms with Gasteiger partial charge in [-0.3, -0.25) is 14.6 Å². The number of rotatable bonds is 5. The molecule has 2 heterocycles. The monoisotopic (exact) mass is 358 g/mol. The molecule has 1 amide bonds. The molecule has 0 fully saturated rings. The van der Waals surface area contributed by atoms with Crippen LogP contribution in [0.3, 0.4) is 0 Å². The Hall–Kier alpha value is -2.61. The van der Waals surface area contributed by atoms with Crippen LogP contribution in [0.5, 0.6) is 0 Å². The second kappa shape index (κ2) is 7.10. The van der Waals surface area contributed by atoms with Crippen molar-refractivity contribution in [3.63, 3.8) is 0 Å². The highest BCUT2D eigenvalue weighted by Crippen LogP contribution is 2.32. The molecule has 0 saturated heterocycles. The number of hydrazone groups is 1. The highest BCUT2D eigenvalue weighted by atomic mass is 32.1. The molecule has 0 N–H and O–H groups in total. The Labute approximate surface area is 149 Å². The van der Waals surface area contributed by atoms with E-state index in [0.717, 1.165) is 10.2 Å². The maximum absolute atomic E-state index is 12.8. The molecule has 1 unspecified atom stereocenters. The number of para-hydroxylation sites is 1. The van der Waals surface area contributed by atoms with Crippen LogP contribution < -0.4 is 5.01 Å². The molecule has 7 nitrogen and oxygen atoms in total. The summed E-state index contributed by atoms with van der Waals surface area (Å²) in [4.78, 5) is 32.9. The van der Waals surface area contributed by atoms with Crippen molar-refractivity contribution in [1.82, 2.24) is 4.98 Å². The zero-order valence-corrected chi connectivity index (χ0v) is 15.0. The number of aromatic nitrogens is 1. The van der Waals surface area contributed by atoms with E-state index >= 15 is 0 Å². The van der Waals surface area contributed by atoms with Crippen molar-refractivity contribution in [2.24, 2.45) is 16.0 Å². The average Bonchev–Trinajstić information content (AvgIpc) is 3.13. The summed E-state index contributed by atoms with van der Waals surface area (Å²) in [6.07, 6.45) is 0. The van der Waals surface area contributed by atoms with Crippen LogP contribution in [-0.2, 0) is 14.3 Å². The van der Waals surface area contributed by atoms with E-state index < -0.39 is 11.9 Å². The number of benzene rings is 1. The number of hydrogen-bond donors (Lipinski definition) is 0. The van der Waals surface area contributed by atoms with E-state index in [2.05, 4.69) is 15.1 Å². The summed E-state index contributed by atoms with van der Waals surface area (Å²) in [6, 6.07) is 7.69. The minimum absolute atomic E-state index is 0.0993. The Balaban J connectivity index is 1.81. The quantitative estimate of drug-likeness (QED) is 0.607. The lowest BCUT2D eigenvalue weighted by Crippen LogP contribution is -2.32. The molecule has 1 aliphatic heterocycles. The first kappa shape index (κ1) is 17.2. The number of fused-ring (bicyclic) bond motifs is 1. The molecule has 0 radical (unpaired) electrons. The van der Waals surface area contributed by atoms with E-state index in [1.807, 2.05) is 24.3 Å². The van der Waals surface area contributed by atoms with Crippen LogP contribution >= 0.6 is 11.3 Å². The lowest BCUT2D eigenvalue weighted by molar-refractivity contribution is -0.141. The van der Waals surface area contributed by atoms with Gasteiger partial charge in [-0.25, -0.2) is 4.98 Å². The predicted molar refractivity (Wildman–Crippen MR) is 98.3 cm³/mol. The van der Waals surface area contributed by atoms with Crippen molar-refractivity contribution in [3.05, 3.63) is 24.3 Å². The van der Waals surface area contributed by atoms with Gasteiger partial charge in [-0.15, -0.1) is 0 Å². The summed E-state index contributed by atoms with van der Waals surface area (Å²) in [5.74, 6) is -1.19. The summed E-state index contributed by atoms with van der Waals surface area (Å²) in [5, 5.41) is 6.21. The number of amides is 1. The fraction of sp³-hybridized carbons (Fsp3) is 0.353. The Morgan fingerprint density at radius 1 is 1.40 bits per heavy atom. The van der Waals surface area contributed by atoms with Crippen molar-refractivity contribution in [2.75, 3.05) is 18.2 Å². The molecule has 1 aromatic heterocycles. The minimum Gasteiger partial charge on any atom is -0.465 e. The van der Waals surface area contributed by atoms with Gasteiger partial charge in [0.1, 0.15) is 12.5 Å². The third-order valence-corrected chi connectivity index (χ3v) is 4.79. The molecule has 25 heavy (non-hydrogen) atoms. The lowest BCUT2D eigenvalue weighted by Gasteiger charge is -2.11. The van der Waals surface area contributed by atoms with E-state index in [4.69, 9.17) is 4.74 Å². The first-order chi connectivity index (χ1) is 12.0. The Morgan fingerprint density at radius 2 is 2.16 bits per heavy atom. The van der Waals surface area contributed by atoms with E-state index in [-0.39, 0.29) is 12.5 Å². The van der Waals surface area contributed by atoms with Gasteiger partial charge >= 0.3 is 5.97 Å². The van der Waals surface area contributed by atoms with Crippen molar-refractivity contribution < 1.29 is 14.3 Å². The number of hydrogen-bond acceptors (Lipinski definition) is 7. The molecule has 0 spiro atoms. The molecular weight excluding hydrogens is 340 g/mol. The molecule has 2 aromatic rings. The third-order valence-electron chi connectivity index (χ3n) is 3.78. The highest BCUT2D eigenvalue weighted by molar-refractivity contribution is 7.22. The number of carbonyl (C=O) groups excluding carboxylic acids is 2. The smallest absolute Gasteiger partial charge is 0.327 e. The highest BCUT2D eigenvalue weighted by Gasteiger charge is 2.37. The van der Waals surface area contributed by atoms with Gasteiger partial charge in [0.25, 0.3) is 5.91 Å². The predicted octanol–water partition coefficient (Wildman–Crippen LogP) is 2.66. The van der Waals surface area contributed by atoms with E-state index in [9.17, 15) is 9.59 Å². The van der Waals surface area contributed by atoms with Gasteiger partial charge in [0.05, 0.1) is 22.5 Å². The van der Waals surface area contributed by atoms with Crippen LogP contribution in [0.4, 0.5) is 5.13 Å². The topological polar surface area (TPSA) is 84.2 Å². The van der Waals surface area contributed by atoms with E-state index in [1.165, 1.54) is 16.3 Å². The van der Waals surface area contributed by atoms with Crippen molar-refractivity contribution >= 4 is 50.0 Å². The molecular formula is C17H18N4O3S. The molecule has 8 heteroatoms. The second-order valence-corrected chi connectivity index (χ2v) is 6.56. The van der Waals surface area contributed by atoms with Gasteiger partial charge in [-0.2, -0.15) is 10.1 Å². The number of esters is 1. The van der Waals surface area contributed by atoms with Gasteiger partial charge in [-0.05, 0) is 32.9 Å². The van der Waals surface area contributed by atoms with Gasteiger partial charge in [0.2, 0.25) is 5.13 Å². The zero-order valence-electron chi connectivity index (χ0n) is 14.2. The first-order valence-corrected chi connectivity index (χ1v) is 8.74. The largest absolute Gasteiger partial charge is 0.465 e. The molecule has 1 atom stereocenters. The van der Waals surface area contributed by atoms with Crippen molar-refractivity contribution in [1.29, 1.82) is 0 Å². The zero-order chi connectivity index (χ0) is 18.0. The first-order valence-electron chi connectivity index (χ1n) is 7.92. The molecule has 130 valence electrons. The molecule has 0 bridgehead atoms. The van der Waals surface area contributed by atoms with Gasteiger partial charge in [-0.1, -0.05) is 23.5 Å². The van der Waals surface area contributed by atoms with Crippen molar-refractivity contribution in [3.8, 4) is 0 Å². The fourth-order valence-electron chi connectivity index (χ4n) is 2.62. The van der Waals surface area contributed by atoms with Crippen molar-refractivity contribution in [2.45, 2.75) is 20.8 Å². The van der Waals surface area contributed by atoms with Crippen LogP contribution in [0.2, 0.25) is 0 Å². The lowest BCUT2D eigenvalue weighted by atomic mass is 9.99. The summed E-state index contributed by atoms with van der Waals surface area (Å²) in [6.45, 7) is 5.45. The average molecular weight is 358 g/mol. The Morgan fingerprint density at radius 3 is 2.88 bits per heavy atom. The maximum Gasteiger partial charge on any atom is 0.327 e. The molecule has 1 aliphatic rings. The minimum atomic E-state index is -0.568. The van der Waals surface area contributed by atoms with Gasteiger partial charge in [0, 0.05) is 5.71 Å². The summed E-state index contributed by atoms with van der Waals surface area (Å²) >= 11 is 1.41. The fourth-order valence-corrected chi connectivity index (χ4v) is 3.54. The number of ether oxygens (including phenoxy) is 1. The maximum atomic E-state index is 12.8.